The van der Waals surface area contributed by atoms with Crippen LogP contribution in [0.25, 0.3) is 0 Å². The Morgan fingerprint density at radius 2 is 1.68 bits per heavy atom. The molecular weight excluding hydrogens is 480 g/mol. The third-order valence-corrected chi connectivity index (χ3v) is 12.3. The van der Waals surface area contributed by atoms with Gasteiger partial charge in [0.25, 0.3) is 0 Å². The van der Waals surface area contributed by atoms with Gasteiger partial charge >= 0.3 is 11.9 Å². The average molecular weight is 533 g/mol. The van der Waals surface area contributed by atoms with Gasteiger partial charge in [-0.05, 0) is 99.7 Å². The van der Waals surface area contributed by atoms with Crippen molar-refractivity contribution < 1.29 is 29.0 Å². The van der Waals surface area contributed by atoms with Gasteiger partial charge in [-0.15, -0.1) is 0 Å². The van der Waals surface area contributed by atoms with Gasteiger partial charge in [0.15, 0.2) is 5.78 Å². The van der Waals surface area contributed by atoms with Gasteiger partial charge in [-0.3, -0.25) is 14.4 Å². The maximum absolute atomic E-state index is 13.7. The molecule has 0 aromatic carbocycles. The molecule has 1 N–H and O–H groups in total. The first-order valence-corrected chi connectivity index (χ1v) is 15.2. The fraction of sp³-hybridized carbons (Fsp3) is 0.906. The average Bonchev–Trinajstić information content (AvgIpc) is 3.15. The number of Topliss-reactive ketones (excluding diaryl/α,β-unsaturated/α-hetero) is 1. The van der Waals surface area contributed by atoms with Crippen LogP contribution in [0.15, 0.2) is 0 Å². The van der Waals surface area contributed by atoms with Gasteiger partial charge in [0, 0.05) is 32.1 Å². The van der Waals surface area contributed by atoms with Crippen LogP contribution in [0, 0.1) is 46.3 Å². The summed E-state index contributed by atoms with van der Waals surface area (Å²) in [5.41, 5.74) is -2.09. The maximum atomic E-state index is 13.7. The molecule has 6 nitrogen and oxygen atoms in total. The molecule has 0 spiro atoms. The minimum absolute atomic E-state index is 0.0274. The zero-order valence-electron chi connectivity index (χ0n) is 25.1. The molecule has 0 bridgehead atoms. The standard InChI is InChI=1S/C32H52O6/c1-19(9-10-20(2)29(5,6)38-22(4)34)25-11-12-26-24-17-28(35)32(36)18-23(37-21(3)33)13-16-31(32,8)27(24)14-15-30(25,26)7/h19-20,23-27,36H,9-18H2,1-8H3/t19-,20+,23+,24+,25-,26+,27+,30-,31-,32+/m1/s1. The summed E-state index contributed by atoms with van der Waals surface area (Å²) < 4.78 is 11.1. The second-order valence-corrected chi connectivity index (χ2v) is 14.6. The first-order valence-electron chi connectivity index (χ1n) is 15.2. The van der Waals surface area contributed by atoms with Crippen molar-refractivity contribution in [3.63, 3.8) is 0 Å². The summed E-state index contributed by atoms with van der Waals surface area (Å²) in [6.07, 6.45) is 8.50. The molecule has 4 fully saturated rings. The van der Waals surface area contributed by atoms with E-state index in [0.29, 0.717) is 36.0 Å². The molecule has 6 heteroatoms. The zero-order chi connectivity index (χ0) is 28.3. The maximum Gasteiger partial charge on any atom is 0.303 e. The van der Waals surface area contributed by atoms with Crippen molar-refractivity contribution in [2.24, 2.45) is 46.3 Å². The number of ether oxygens (including phenoxy) is 2. The molecule has 0 aliphatic heterocycles. The summed E-state index contributed by atoms with van der Waals surface area (Å²) in [6.45, 7) is 16.1. The van der Waals surface area contributed by atoms with E-state index in [4.69, 9.17) is 9.47 Å². The van der Waals surface area contributed by atoms with E-state index in [1.165, 1.54) is 26.7 Å². The fourth-order valence-electron chi connectivity index (χ4n) is 9.85. The summed E-state index contributed by atoms with van der Waals surface area (Å²) in [4.78, 5) is 36.8. The number of hydrogen-bond acceptors (Lipinski definition) is 6. The highest BCUT2D eigenvalue weighted by atomic mass is 16.6. The van der Waals surface area contributed by atoms with E-state index < -0.39 is 16.6 Å². The van der Waals surface area contributed by atoms with Gasteiger partial charge in [-0.2, -0.15) is 0 Å². The highest BCUT2D eigenvalue weighted by Crippen LogP contribution is 2.68. The number of ketones is 1. The number of carbonyl (C=O) groups excluding carboxylic acids is 3. The normalized spacial score (nSPS) is 42.3. The van der Waals surface area contributed by atoms with Crippen LogP contribution in [0.2, 0.25) is 0 Å². The molecule has 4 rings (SSSR count). The van der Waals surface area contributed by atoms with E-state index in [9.17, 15) is 19.5 Å². The van der Waals surface area contributed by atoms with Crippen molar-refractivity contribution in [3.05, 3.63) is 0 Å². The Morgan fingerprint density at radius 1 is 1.00 bits per heavy atom. The predicted molar refractivity (Wildman–Crippen MR) is 146 cm³/mol. The van der Waals surface area contributed by atoms with Gasteiger partial charge in [0.1, 0.15) is 17.3 Å². The fourth-order valence-corrected chi connectivity index (χ4v) is 9.85. The second kappa shape index (κ2) is 10.2. The molecule has 10 atom stereocenters. The van der Waals surface area contributed by atoms with Crippen molar-refractivity contribution >= 4 is 17.7 Å². The minimum atomic E-state index is -1.39. The van der Waals surface area contributed by atoms with Crippen LogP contribution >= 0.6 is 0 Å². The second-order valence-electron chi connectivity index (χ2n) is 14.6. The van der Waals surface area contributed by atoms with Crippen LogP contribution in [0.1, 0.15) is 120 Å². The molecule has 4 aliphatic carbocycles. The van der Waals surface area contributed by atoms with Crippen LogP contribution in [0.5, 0.6) is 0 Å². The van der Waals surface area contributed by atoms with E-state index in [2.05, 4.69) is 27.7 Å². The Kier molecular flexibility index (Phi) is 7.93. The molecule has 0 heterocycles. The lowest BCUT2D eigenvalue weighted by molar-refractivity contribution is -0.217. The van der Waals surface area contributed by atoms with Crippen LogP contribution in [0.3, 0.4) is 0 Å². The number of aliphatic hydroxyl groups is 1. The van der Waals surface area contributed by atoms with Gasteiger partial charge in [0.2, 0.25) is 0 Å². The number of fused-ring (bicyclic) bond motifs is 5. The van der Waals surface area contributed by atoms with E-state index in [1.807, 2.05) is 13.8 Å². The van der Waals surface area contributed by atoms with Crippen molar-refractivity contribution in [2.45, 2.75) is 137 Å². The van der Waals surface area contributed by atoms with E-state index >= 15 is 0 Å². The molecule has 4 saturated carbocycles. The van der Waals surface area contributed by atoms with Crippen molar-refractivity contribution in [1.29, 1.82) is 0 Å². The zero-order valence-corrected chi connectivity index (χ0v) is 25.1. The number of hydrogen-bond donors (Lipinski definition) is 1. The van der Waals surface area contributed by atoms with E-state index in [0.717, 1.165) is 38.5 Å². The number of carbonyl (C=O) groups is 3. The Labute approximate surface area is 230 Å². The van der Waals surface area contributed by atoms with Crippen molar-refractivity contribution in [3.8, 4) is 0 Å². The summed E-state index contributed by atoms with van der Waals surface area (Å²) >= 11 is 0. The largest absolute Gasteiger partial charge is 0.462 e. The Balaban J connectivity index is 1.47. The lowest BCUT2D eigenvalue weighted by atomic mass is 9.42. The van der Waals surface area contributed by atoms with Crippen molar-refractivity contribution in [2.75, 3.05) is 0 Å². The Morgan fingerprint density at radius 3 is 2.32 bits per heavy atom. The molecule has 38 heavy (non-hydrogen) atoms. The first-order chi connectivity index (χ1) is 17.5. The molecule has 0 radical (unpaired) electrons. The van der Waals surface area contributed by atoms with E-state index in [-0.39, 0.29) is 41.6 Å². The summed E-state index contributed by atoms with van der Waals surface area (Å²) in [5.74, 6) is 2.07. The van der Waals surface area contributed by atoms with Gasteiger partial charge in [-0.1, -0.05) is 34.1 Å². The third kappa shape index (κ3) is 4.86. The number of esters is 2. The van der Waals surface area contributed by atoms with Crippen LogP contribution < -0.4 is 0 Å². The van der Waals surface area contributed by atoms with Crippen LogP contribution in [-0.4, -0.2) is 40.1 Å². The van der Waals surface area contributed by atoms with Gasteiger partial charge < -0.3 is 14.6 Å². The third-order valence-electron chi connectivity index (χ3n) is 12.3. The van der Waals surface area contributed by atoms with Gasteiger partial charge in [0.05, 0.1) is 0 Å². The first kappa shape index (κ1) is 29.6. The molecular formula is C32H52O6. The van der Waals surface area contributed by atoms with Crippen LogP contribution in [-0.2, 0) is 23.9 Å². The Bertz CT molecular complexity index is 942. The summed E-state index contributed by atoms with van der Waals surface area (Å²) in [7, 11) is 0. The quantitative estimate of drug-likeness (QED) is 0.389. The predicted octanol–water partition coefficient (Wildman–Crippen LogP) is 6.27. The summed E-state index contributed by atoms with van der Waals surface area (Å²) in [6, 6.07) is 0. The monoisotopic (exact) mass is 532 g/mol. The summed E-state index contributed by atoms with van der Waals surface area (Å²) in [5, 5.41) is 11.9. The highest BCUT2D eigenvalue weighted by Gasteiger charge is 2.68. The Hall–Kier alpha value is -1.43. The molecule has 0 aromatic rings. The molecule has 216 valence electrons. The van der Waals surface area contributed by atoms with Gasteiger partial charge in [-0.25, -0.2) is 0 Å². The lowest BCUT2D eigenvalue weighted by Gasteiger charge is -2.63. The number of rotatable bonds is 7. The molecule has 0 amide bonds. The SMILES string of the molecule is CC(=O)O[C@H]1CC[C@]2(C)[C@H]3CC[C@]4(C)[C@@H]([C@H](C)CC[C@H](C)C(C)(C)OC(C)=O)CC[C@H]4[C@@H]3CC(=O)[C@@]2(O)C1. The highest BCUT2D eigenvalue weighted by molar-refractivity contribution is 5.89. The van der Waals surface area contributed by atoms with Crippen molar-refractivity contribution in [1.82, 2.24) is 0 Å². The molecule has 4 aliphatic rings. The lowest BCUT2D eigenvalue weighted by Crippen LogP contribution is -2.67. The smallest absolute Gasteiger partial charge is 0.303 e. The molecule has 0 saturated heterocycles. The van der Waals surface area contributed by atoms with E-state index in [1.54, 1.807) is 0 Å². The van der Waals surface area contributed by atoms with Crippen LogP contribution in [0.4, 0.5) is 0 Å². The minimum Gasteiger partial charge on any atom is -0.462 e. The molecule has 0 aromatic heterocycles. The molecule has 0 unspecified atom stereocenters. The topological polar surface area (TPSA) is 89.9 Å².